The van der Waals surface area contributed by atoms with Gasteiger partial charge >= 0.3 is 0 Å². The van der Waals surface area contributed by atoms with Crippen molar-refractivity contribution in [2.24, 2.45) is 0 Å². The lowest BCUT2D eigenvalue weighted by atomic mass is 10.2. The Hall–Kier alpha value is -2.01. The molecule has 0 saturated carbocycles. The van der Waals surface area contributed by atoms with Gasteiger partial charge < -0.3 is 4.57 Å². The van der Waals surface area contributed by atoms with E-state index >= 15 is 0 Å². The van der Waals surface area contributed by atoms with Crippen molar-refractivity contribution in [3.8, 4) is 12.1 Å². The van der Waals surface area contributed by atoms with Gasteiger partial charge in [0.05, 0.1) is 6.33 Å². The van der Waals surface area contributed by atoms with Crippen molar-refractivity contribution in [1.82, 2.24) is 9.55 Å². The maximum absolute atomic E-state index is 8.99. The molecule has 0 saturated heterocycles. The Bertz CT molecular complexity index is 656. The summed E-state index contributed by atoms with van der Waals surface area (Å²) in [6.45, 7) is 0.387. The number of rotatable bonds is 2. The lowest BCUT2D eigenvalue weighted by Crippen LogP contribution is -2.01. The fraction of sp³-hybridized carbons (Fsp3) is 0.0833. The SMILES string of the molecule is N#Cc1ncn(Cc2cc(Cl)cc(Cl)c2)c1C#N. The smallest absolute Gasteiger partial charge is 0.176 e. The van der Waals surface area contributed by atoms with E-state index in [2.05, 4.69) is 4.98 Å². The highest BCUT2D eigenvalue weighted by molar-refractivity contribution is 6.34. The van der Waals surface area contributed by atoms with E-state index in [1.807, 2.05) is 12.1 Å². The number of hydrogen-bond donors (Lipinski definition) is 0. The van der Waals surface area contributed by atoms with Crippen molar-refractivity contribution < 1.29 is 0 Å². The Morgan fingerprint density at radius 1 is 1.11 bits per heavy atom. The first-order valence-electron chi connectivity index (χ1n) is 4.94. The number of aromatic nitrogens is 2. The Morgan fingerprint density at radius 3 is 2.33 bits per heavy atom. The second kappa shape index (κ2) is 5.10. The molecule has 1 aromatic heterocycles. The molecule has 0 unspecified atom stereocenters. The van der Waals surface area contributed by atoms with Gasteiger partial charge in [0.25, 0.3) is 0 Å². The highest BCUT2D eigenvalue weighted by Crippen LogP contribution is 2.20. The van der Waals surface area contributed by atoms with Gasteiger partial charge in [-0.1, -0.05) is 23.2 Å². The molecule has 0 radical (unpaired) electrons. The first-order valence-corrected chi connectivity index (χ1v) is 5.70. The third-order valence-corrected chi connectivity index (χ3v) is 2.76. The van der Waals surface area contributed by atoms with Crippen LogP contribution in [0, 0.1) is 22.7 Å². The first-order chi connectivity index (χ1) is 8.63. The summed E-state index contributed by atoms with van der Waals surface area (Å²) < 4.78 is 1.58. The van der Waals surface area contributed by atoms with E-state index in [-0.39, 0.29) is 11.4 Å². The highest BCUT2D eigenvalue weighted by Gasteiger charge is 2.10. The maximum Gasteiger partial charge on any atom is 0.176 e. The van der Waals surface area contributed by atoms with Crippen LogP contribution in [0.2, 0.25) is 10.0 Å². The van der Waals surface area contributed by atoms with Gasteiger partial charge in [0, 0.05) is 16.6 Å². The van der Waals surface area contributed by atoms with Crippen LogP contribution >= 0.6 is 23.2 Å². The summed E-state index contributed by atoms with van der Waals surface area (Å²) in [6, 6.07) is 8.96. The molecule has 0 spiro atoms. The zero-order chi connectivity index (χ0) is 13.1. The minimum absolute atomic E-state index is 0.116. The number of hydrogen-bond acceptors (Lipinski definition) is 3. The minimum Gasteiger partial charge on any atom is -0.317 e. The number of nitriles is 2. The van der Waals surface area contributed by atoms with Crippen LogP contribution in [0.1, 0.15) is 17.0 Å². The molecule has 0 aliphatic heterocycles. The van der Waals surface area contributed by atoms with Gasteiger partial charge in [-0.15, -0.1) is 0 Å². The zero-order valence-electron chi connectivity index (χ0n) is 9.06. The molecule has 2 aromatic rings. The maximum atomic E-state index is 8.99. The van der Waals surface area contributed by atoms with Crippen LogP contribution in [0.4, 0.5) is 0 Å². The molecule has 1 aromatic carbocycles. The van der Waals surface area contributed by atoms with Crippen LogP contribution < -0.4 is 0 Å². The van der Waals surface area contributed by atoms with E-state index in [1.54, 1.807) is 22.8 Å². The standard InChI is InChI=1S/C12H6Cl2N4/c13-9-1-8(2-10(14)3-9)6-18-7-17-11(4-15)12(18)5-16/h1-3,7H,6H2. The summed E-state index contributed by atoms with van der Waals surface area (Å²) in [5.41, 5.74) is 1.19. The molecule has 18 heavy (non-hydrogen) atoms. The van der Waals surface area contributed by atoms with Crippen LogP contribution in [0.5, 0.6) is 0 Å². The lowest BCUT2D eigenvalue weighted by Gasteiger charge is -2.05. The molecule has 0 bridgehead atoms. The largest absolute Gasteiger partial charge is 0.317 e. The van der Waals surface area contributed by atoms with Crippen LogP contribution in [0.3, 0.4) is 0 Å². The van der Waals surface area contributed by atoms with Crippen molar-refractivity contribution in [2.45, 2.75) is 6.54 Å². The fourth-order valence-corrected chi connectivity index (χ4v) is 2.17. The Balaban J connectivity index is 2.38. The van der Waals surface area contributed by atoms with Crippen molar-refractivity contribution in [1.29, 1.82) is 10.5 Å². The predicted molar refractivity (Wildman–Crippen MR) is 67.2 cm³/mol. The lowest BCUT2D eigenvalue weighted by molar-refractivity contribution is 0.785. The summed E-state index contributed by atoms with van der Waals surface area (Å²) in [7, 11) is 0. The van der Waals surface area contributed by atoms with Crippen molar-refractivity contribution in [3.63, 3.8) is 0 Å². The van der Waals surface area contributed by atoms with E-state index in [0.29, 0.717) is 16.6 Å². The Morgan fingerprint density at radius 2 is 1.78 bits per heavy atom. The Labute approximate surface area is 114 Å². The van der Waals surface area contributed by atoms with Gasteiger partial charge in [-0.25, -0.2) is 4.98 Å². The number of imidazole rings is 1. The fourth-order valence-electron chi connectivity index (χ4n) is 1.60. The quantitative estimate of drug-likeness (QED) is 0.847. The minimum atomic E-state index is 0.116. The van der Waals surface area contributed by atoms with Crippen LogP contribution in [-0.4, -0.2) is 9.55 Å². The third kappa shape index (κ3) is 2.46. The summed E-state index contributed by atoms with van der Waals surface area (Å²) in [6.07, 6.45) is 1.45. The molecule has 88 valence electrons. The number of benzene rings is 1. The van der Waals surface area contributed by atoms with E-state index in [0.717, 1.165) is 5.56 Å². The third-order valence-electron chi connectivity index (χ3n) is 2.32. The number of halogens is 2. The molecule has 1 heterocycles. The van der Waals surface area contributed by atoms with Crippen LogP contribution in [0.15, 0.2) is 24.5 Å². The summed E-state index contributed by atoms with van der Waals surface area (Å²) in [5, 5.41) is 18.8. The molecule has 0 fully saturated rings. The number of nitrogens with zero attached hydrogens (tertiary/aromatic N) is 4. The normalized spacial score (nSPS) is 9.78. The van der Waals surface area contributed by atoms with Crippen molar-refractivity contribution in [2.75, 3.05) is 0 Å². The molecule has 4 nitrogen and oxygen atoms in total. The van der Waals surface area contributed by atoms with Crippen LogP contribution in [0.25, 0.3) is 0 Å². The molecular formula is C12H6Cl2N4. The molecule has 0 aliphatic rings. The first kappa shape index (κ1) is 12.4. The zero-order valence-corrected chi connectivity index (χ0v) is 10.6. The van der Waals surface area contributed by atoms with Gasteiger partial charge in [0.15, 0.2) is 11.4 Å². The van der Waals surface area contributed by atoms with Crippen molar-refractivity contribution in [3.05, 3.63) is 51.5 Å². The highest BCUT2D eigenvalue weighted by atomic mass is 35.5. The van der Waals surface area contributed by atoms with Gasteiger partial charge in [0.1, 0.15) is 12.1 Å². The molecule has 0 atom stereocenters. The topological polar surface area (TPSA) is 65.4 Å². The Kier molecular flexibility index (Phi) is 3.53. The van der Waals surface area contributed by atoms with Gasteiger partial charge in [-0.3, -0.25) is 0 Å². The summed E-state index contributed by atoms with van der Waals surface area (Å²) >= 11 is 11.8. The molecule has 0 aliphatic carbocycles. The van der Waals surface area contributed by atoms with E-state index in [4.69, 9.17) is 33.7 Å². The van der Waals surface area contributed by atoms with E-state index in [9.17, 15) is 0 Å². The summed E-state index contributed by atoms with van der Waals surface area (Å²) in [4.78, 5) is 3.86. The monoisotopic (exact) mass is 276 g/mol. The van der Waals surface area contributed by atoms with E-state index < -0.39 is 0 Å². The van der Waals surface area contributed by atoms with Gasteiger partial charge in [-0.05, 0) is 23.8 Å². The van der Waals surface area contributed by atoms with Crippen LogP contribution in [-0.2, 0) is 6.54 Å². The predicted octanol–water partition coefficient (Wildman–Crippen LogP) is 2.98. The van der Waals surface area contributed by atoms with Gasteiger partial charge in [-0.2, -0.15) is 10.5 Å². The molecule has 6 heteroatoms. The average Bonchev–Trinajstić information content (AvgIpc) is 2.69. The molecule has 2 rings (SSSR count). The molecule has 0 amide bonds. The van der Waals surface area contributed by atoms with E-state index in [1.165, 1.54) is 6.33 Å². The van der Waals surface area contributed by atoms with Gasteiger partial charge in [0.2, 0.25) is 0 Å². The second-order valence-corrected chi connectivity index (χ2v) is 4.44. The van der Waals surface area contributed by atoms with Crippen molar-refractivity contribution >= 4 is 23.2 Å². The summed E-state index contributed by atoms with van der Waals surface area (Å²) in [5.74, 6) is 0. The molecular weight excluding hydrogens is 271 g/mol. The second-order valence-electron chi connectivity index (χ2n) is 3.57. The average molecular weight is 277 g/mol. The molecule has 0 N–H and O–H groups in total.